The maximum Gasteiger partial charge on any atom is 0.235 e. The molecule has 0 saturated carbocycles. The molecule has 142 valence electrons. The van der Waals surface area contributed by atoms with Gasteiger partial charge in [0.2, 0.25) is 15.9 Å². The Morgan fingerprint density at radius 1 is 1.20 bits per heavy atom. The van der Waals surface area contributed by atoms with Gasteiger partial charge in [-0.05, 0) is 30.0 Å². The van der Waals surface area contributed by atoms with Crippen LogP contribution in [-0.4, -0.2) is 52.2 Å². The maximum atomic E-state index is 12.0. The smallest absolute Gasteiger partial charge is 0.235 e. The Bertz CT molecular complexity index is 674. The van der Waals surface area contributed by atoms with Gasteiger partial charge in [0, 0.05) is 13.1 Å². The second-order valence-corrected chi connectivity index (χ2v) is 8.24. The molecule has 7 nitrogen and oxygen atoms in total. The summed E-state index contributed by atoms with van der Waals surface area (Å²) in [6.45, 7) is 4.52. The minimum Gasteiger partial charge on any atom is -0.493 e. The van der Waals surface area contributed by atoms with Crippen LogP contribution in [-0.2, 0) is 21.4 Å². The lowest BCUT2D eigenvalue weighted by atomic mass is 10.1. The molecule has 0 aliphatic carbocycles. The third-order valence-corrected chi connectivity index (χ3v) is 4.84. The first kappa shape index (κ1) is 21.2. The Balaban J connectivity index is 2.82. The molecule has 0 fully saturated rings. The Morgan fingerprint density at radius 3 is 2.36 bits per heavy atom. The topological polar surface area (TPSA) is 84.9 Å². The fourth-order valence-electron chi connectivity index (χ4n) is 2.19. The van der Waals surface area contributed by atoms with Gasteiger partial charge in [0.15, 0.2) is 11.5 Å². The summed E-state index contributed by atoms with van der Waals surface area (Å²) >= 11 is 0. The summed E-state index contributed by atoms with van der Waals surface area (Å²) in [5, 5.41) is 2.75. The molecular weight excluding hydrogens is 344 g/mol. The minimum atomic E-state index is -3.53. The van der Waals surface area contributed by atoms with Crippen molar-refractivity contribution >= 4 is 15.9 Å². The van der Waals surface area contributed by atoms with Crippen LogP contribution in [0.1, 0.15) is 25.8 Å². The fourth-order valence-corrected chi connectivity index (χ4v) is 2.92. The highest BCUT2D eigenvalue weighted by atomic mass is 32.2. The van der Waals surface area contributed by atoms with E-state index in [-0.39, 0.29) is 19.0 Å². The number of hydrogen-bond acceptors (Lipinski definition) is 5. The molecule has 1 aromatic rings. The first-order valence-corrected chi connectivity index (χ1v) is 9.95. The number of rotatable bonds is 10. The van der Waals surface area contributed by atoms with Crippen molar-refractivity contribution in [3.05, 3.63) is 23.8 Å². The Labute approximate surface area is 150 Å². The number of ether oxygens (including phenoxy) is 2. The van der Waals surface area contributed by atoms with Crippen molar-refractivity contribution in [1.29, 1.82) is 0 Å². The van der Waals surface area contributed by atoms with Crippen LogP contribution in [0.2, 0.25) is 0 Å². The molecule has 0 aliphatic heterocycles. The van der Waals surface area contributed by atoms with Crippen molar-refractivity contribution in [3.63, 3.8) is 0 Å². The third-order valence-electron chi connectivity index (χ3n) is 3.64. The minimum absolute atomic E-state index is 0.0801. The number of carbonyl (C=O) groups is 1. The molecule has 0 aliphatic rings. The zero-order chi connectivity index (χ0) is 19.0. The molecule has 1 N–H and O–H groups in total. The lowest BCUT2D eigenvalue weighted by Crippen LogP contribution is -2.40. The van der Waals surface area contributed by atoms with Gasteiger partial charge < -0.3 is 14.8 Å². The molecule has 0 unspecified atom stereocenters. The molecule has 0 spiro atoms. The van der Waals surface area contributed by atoms with Gasteiger partial charge >= 0.3 is 0 Å². The Kier molecular flexibility index (Phi) is 8.18. The van der Waals surface area contributed by atoms with Gasteiger partial charge in [-0.25, -0.2) is 8.42 Å². The van der Waals surface area contributed by atoms with Crippen molar-refractivity contribution in [3.8, 4) is 11.5 Å². The van der Waals surface area contributed by atoms with E-state index in [1.165, 1.54) is 14.2 Å². The highest BCUT2D eigenvalue weighted by Gasteiger charge is 2.21. The SMILES string of the molecule is COc1ccc(CN(CC(=O)NCCC(C)C)S(C)(=O)=O)cc1OC. The average Bonchev–Trinajstić information content (AvgIpc) is 2.52. The zero-order valence-corrected chi connectivity index (χ0v) is 16.4. The van der Waals surface area contributed by atoms with E-state index in [1.54, 1.807) is 18.2 Å². The van der Waals surface area contributed by atoms with E-state index < -0.39 is 10.0 Å². The summed E-state index contributed by atoms with van der Waals surface area (Å²) in [6, 6.07) is 5.15. The molecule has 0 aromatic heterocycles. The predicted molar refractivity (Wildman–Crippen MR) is 97.3 cm³/mol. The van der Waals surface area contributed by atoms with Gasteiger partial charge in [-0.2, -0.15) is 4.31 Å². The van der Waals surface area contributed by atoms with Crippen LogP contribution in [0.3, 0.4) is 0 Å². The third kappa shape index (κ3) is 7.31. The second kappa shape index (κ2) is 9.62. The van der Waals surface area contributed by atoms with Crippen molar-refractivity contribution in [2.24, 2.45) is 5.92 Å². The van der Waals surface area contributed by atoms with E-state index in [2.05, 4.69) is 19.2 Å². The molecule has 1 aromatic carbocycles. The molecule has 0 atom stereocenters. The number of amides is 1. The molecular formula is C17H28N2O5S. The highest BCUT2D eigenvalue weighted by molar-refractivity contribution is 7.88. The van der Waals surface area contributed by atoms with Crippen LogP contribution in [0.25, 0.3) is 0 Å². The number of carbonyl (C=O) groups excluding carboxylic acids is 1. The molecule has 0 radical (unpaired) electrons. The largest absolute Gasteiger partial charge is 0.493 e. The quantitative estimate of drug-likeness (QED) is 0.675. The van der Waals surface area contributed by atoms with Crippen LogP contribution in [0.5, 0.6) is 11.5 Å². The molecule has 1 amide bonds. The standard InChI is InChI=1S/C17H28N2O5S/c1-13(2)8-9-18-17(20)12-19(25(5,21)22)11-14-6-7-15(23-3)16(10-14)24-4/h6-7,10,13H,8-9,11-12H2,1-5H3,(H,18,20). The average molecular weight is 372 g/mol. The highest BCUT2D eigenvalue weighted by Crippen LogP contribution is 2.28. The molecule has 1 rings (SSSR count). The monoisotopic (exact) mass is 372 g/mol. The van der Waals surface area contributed by atoms with E-state index in [9.17, 15) is 13.2 Å². The van der Waals surface area contributed by atoms with Crippen molar-refractivity contribution in [2.45, 2.75) is 26.8 Å². The Hall–Kier alpha value is -1.80. The lowest BCUT2D eigenvalue weighted by molar-refractivity contribution is -0.121. The summed E-state index contributed by atoms with van der Waals surface area (Å²) in [5.41, 5.74) is 0.707. The van der Waals surface area contributed by atoms with Crippen LogP contribution < -0.4 is 14.8 Å². The zero-order valence-electron chi connectivity index (χ0n) is 15.5. The van der Waals surface area contributed by atoms with Crippen LogP contribution in [0.4, 0.5) is 0 Å². The van der Waals surface area contributed by atoms with E-state index in [4.69, 9.17) is 9.47 Å². The number of methoxy groups -OCH3 is 2. The van der Waals surface area contributed by atoms with E-state index in [0.29, 0.717) is 29.5 Å². The normalized spacial score (nSPS) is 11.6. The van der Waals surface area contributed by atoms with Crippen LogP contribution >= 0.6 is 0 Å². The van der Waals surface area contributed by atoms with Crippen molar-refractivity contribution in [1.82, 2.24) is 9.62 Å². The lowest BCUT2D eigenvalue weighted by Gasteiger charge is -2.20. The predicted octanol–water partition coefficient (Wildman–Crippen LogP) is 1.63. The number of hydrogen-bond donors (Lipinski definition) is 1. The van der Waals surface area contributed by atoms with Crippen LogP contribution in [0, 0.1) is 5.92 Å². The Morgan fingerprint density at radius 2 is 1.84 bits per heavy atom. The van der Waals surface area contributed by atoms with Crippen molar-refractivity contribution in [2.75, 3.05) is 33.6 Å². The summed E-state index contributed by atoms with van der Waals surface area (Å²) in [7, 11) is -0.493. The first-order valence-electron chi connectivity index (χ1n) is 8.10. The number of benzene rings is 1. The van der Waals surface area contributed by atoms with E-state index in [1.807, 2.05) is 0 Å². The summed E-state index contributed by atoms with van der Waals surface area (Å²) in [6.07, 6.45) is 1.94. The molecule has 0 heterocycles. The van der Waals surface area contributed by atoms with Crippen molar-refractivity contribution < 1.29 is 22.7 Å². The van der Waals surface area contributed by atoms with Gasteiger partial charge in [-0.3, -0.25) is 4.79 Å². The van der Waals surface area contributed by atoms with E-state index in [0.717, 1.165) is 17.0 Å². The molecule has 25 heavy (non-hydrogen) atoms. The number of nitrogens with zero attached hydrogens (tertiary/aromatic N) is 1. The first-order chi connectivity index (χ1) is 11.7. The van der Waals surface area contributed by atoms with E-state index >= 15 is 0 Å². The second-order valence-electron chi connectivity index (χ2n) is 6.25. The van der Waals surface area contributed by atoms with Gasteiger partial charge in [0.25, 0.3) is 0 Å². The fraction of sp³-hybridized carbons (Fsp3) is 0.588. The van der Waals surface area contributed by atoms with Crippen LogP contribution in [0.15, 0.2) is 18.2 Å². The molecule has 0 bridgehead atoms. The number of sulfonamides is 1. The summed E-state index contributed by atoms with van der Waals surface area (Å²) in [5.74, 6) is 1.23. The maximum absolute atomic E-state index is 12.0. The summed E-state index contributed by atoms with van der Waals surface area (Å²) in [4.78, 5) is 12.0. The van der Waals surface area contributed by atoms with Gasteiger partial charge in [0.05, 0.1) is 27.0 Å². The number of nitrogens with one attached hydrogen (secondary N) is 1. The van der Waals surface area contributed by atoms with Gasteiger partial charge in [0.1, 0.15) is 0 Å². The molecule has 0 saturated heterocycles. The van der Waals surface area contributed by atoms with Gasteiger partial charge in [-0.1, -0.05) is 19.9 Å². The summed E-state index contributed by atoms with van der Waals surface area (Å²) < 4.78 is 35.6. The van der Waals surface area contributed by atoms with Gasteiger partial charge in [-0.15, -0.1) is 0 Å². The molecule has 8 heteroatoms.